The van der Waals surface area contributed by atoms with Gasteiger partial charge in [0.2, 0.25) is 0 Å². The molecule has 0 bridgehead atoms. The van der Waals surface area contributed by atoms with Crippen molar-refractivity contribution in [2.45, 2.75) is 12.3 Å². The van der Waals surface area contributed by atoms with Crippen molar-refractivity contribution in [2.24, 2.45) is 0 Å². The quantitative estimate of drug-likeness (QED) is 0.918. The van der Waals surface area contributed by atoms with Crippen molar-refractivity contribution in [2.75, 3.05) is 19.7 Å². The molecule has 1 N–H and O–H groups in total. The molecule has 1 aliphatic carbocycles. The summed E-state index contributed by atoms with van der Waals surface area (Å²) in [5.41, 5.74) is 5.08. The summed E-state index contributed by atoms with van der Waals surface area (Å²) in [4.78, 5) is 24.9. The van der Waals surface area contributed by atoms with E-state index in [9.17, 15) is 9.59 Å². The van der Waals surface area contributed by atoms with E-state index < -0.39 is 12.1 Å². The lowest BCUT2D eigenvalue weighted by molar-refractivity contribution is -0.133. The summed E-state index contributed by atoms with van der Waals surface area (Å²) >= 11 is 0. The van der Waals surface area contributed by atoms with Gasteiger partial charge in [0.05, 0.1) is 0 Å². The van der Waals surface area contributed by atoms with Gasteiger partial charge in [0, 0.05) is 24.6 Å². The molecule has 0 saturated carbocycles. The number of hydrogen-bond donors (Lipinski definition) is 1. The fourth-order valence-electron chi connectivity index (χ4n) is 3.71. The summed E-state index contributed by atoms with van der Waals surface area (Å²) in [6, 6.07) is 16.4. The number of fused-ring (bicyclic) bond motifs is 3. The van der Waals surface area contributed by atoms with Gasteiger partial charge in [-0.3, -0.25) is 0 Å². The molecule has 0 radical (unpaired) electrons. The number of carbonyl (C=O) groups is 2. The minimum Gasteiger partial charge on any atom is -0.478 e. The van der Waals surface area contributed by atoms with Gasteiger partial charge in [0.25, 0.3) is 0 Å². The van der Waals surface area contributed by atoms with Crippen LogP contribution in [0.1, 0.15) is 23.5 Å². The maximum absolute atomic E-state index is 12.4. The van der Waals surface area contributed by atoms with E-state index in [1.165, 1.54) is 22.3 Å². The van der Waals surface area contributed by atoms with Crippen molar-refractivity contribution in [3.8, 4) is 11.1 Å². The predicted molar refractivity (Wildman–Crippen MR) is 97.0 cm³/mol. The summed E-state index contributed by atoms with van der Waals surface area (Å²) in [6.07, 6.45) is 1.53. The number of amides is 1. The number of carbonyl (C=O) groups excluding carboxylic acids is 1. The zero-order valence-corrected chi connectivity index (χ0v) is 14.2. The van der Waals surface area contributed by atoms with E-state index in [2.05, 4.69) is 24.3 Å². The molecule has 132 valence electrons. The molecule has 2 aromatic rings. The molecule has 5 heteroatoms. The number of benzene rings is 2. The van der Waals surface area contributed by atoms with Crippen molar-refractivity contribution >= 4 is 12.1 Å². The Morgan fingerprint density at radius 3 is 2.19 bits per heavy atom. The summed E-state index contributed by atoms with van der Waals surface area (Å²) in [5.74, 6) is -0.890. The van der Waals surface area contributed by atoms with Crippen LogP contribution < -0.4 is 0 Å². The van der Waals surface area contributed by atoms with Crippen LogP contribution in [-0.4, -0.2) is 41.8 Å². The summed E-state index contributed by atoms with van der Waals surface area (Å²) < 4.78 is 5.59. The Morgan fingerprint density at radius 1 is 1.04 bits per heavy atom. The molecule has 2 aromatic carbocycles. The SMILES string of the molecule is O=C(O)C1=CCN(C(=O)OCC2c3ccccc3-c3ccccc32)CC1. The molecule has 26 heavy (non-hydrogen) atoms. The van der Waals surface area contributed by atoms with Crippen molar-refractivity contribution in [3.05, 3.63) is 71.3 Å². The van der Waals surface area contributed by atoms with E-state index in [1.807, 2.05) is 24.3 Å². The summed E-state index contributed by atoms with van der Waals surface area (Å²) in [7, 11) is 0. The zero-order chi connectivity index (χ0) is 18.1. The molecular weight excluding hydrogens is 330 g/mol. The first-order valence-electron chi connectivity index (χ1n) is 8.67. The number of carboxylic acid groups (broad SMARTS) is 1. The molecule has 1 aliphatic heterocycles. The van der Waals surface area contributed by atoms with Crippen LogP contribution in [-0.2, 0) is 9.53 Å². The van der Waals surface area contributed by atoms with Crippen LogP contribution in [0.2, 0.25) is 0 Å². The Kier molecular flexibility index (Phi) is 4.21. The van der Waals surface area contributed by atoms with Gasteiger partial charge in [0.15, 0.2) is 0 Å². The molecule has 1 amide bonds. The Bertz CT molecular complexity index is 857. The highest BCUT2D eigenvalue weighted by molar-refractivity contribution is 5.87. The van der Waals surface area contributed by atoms with Crippen LogP contribution in [0.15, 0.2) is 60.2 Å². The molecule has 0 fully saturated rings. The largest absolute Gasteiger partial charge is 0.478 e. The molecule has 5 nitrogen and oxygen atoms in total. The first-order valence-corrected chi connectivity index (χ1v) is 8.67. The minimum absolute atomic E-state index is 0.0289. The first-order chi connectivity index (χ1) is 12.6. The van der Waals surface area contributed by atoms with Crippen LogP contribution in [0.5, 0.6) is 0 Å². The molecule has 4 rings (SSSR count). The van der Waals surface area contributed by atoms with Crippen molar-refractivity contribution in [1.29, 1.82) is 0 Å². The Hall–Kier alpha value is -3.08. The molecule has 0 unspecified atom stereocenters. The third kappa shape index (κ3) is 2.86. The second-order valence-electron chi connectivity index (χ2n) is 6.53. The Morgan fingerprint density at radius 2 is 1.65 bits per heavy atom. The van der Waals surface area contributed by atoms with E-state index in [-0.39, 0.29) is 19.1 Å². The summed E-state index contributed by atoms with van der Waals surface area (Å²) in [6.45, 7) is 0.923. The van der Waals surface area contributed by atoms with Crippen LogP contribution in [0.25, 0.3) is 11.1 Å². The van der Waals surface area contributed by atoms with Crippen LogP contribution in [0.3, 0.4) is 0 Å². The average Bonchev–Trinajstić information content (AvgIpc) is 3.00. The second kappa shape index (κ2) is 6.67. The number of ether oxygens (including phenoxy) is 1. The number of carboxylic acids is 1. The maximum Gasteiger partial charge on any atom is 0.410 e. The van der Waals surface area contributed by atoms with E-state index in [1.54, 1.807) is 11.0 Å². The van der Waals surface area contributed by atoms with Gasteiger partial charge < -0.3 is 14.7 Å². The van der Waals surface area contributed by atoms with E-state index in [0.29, 0.717) is 18.5 Å². The van der Waals surface area contributed by atoms with Crippen LogP contribution in [0, 0.1) is 0 Å². The first kappa shape index (κ1) is 16.4. The van der Waals surface area contributed by atoms with Crippen molar-refractivity contribution < 1.29 is 19.4 Å². The van der Waals surface area contributed by atoms with Gasteiger partial charge in [-0.15, -0.1) is 0 Å². The number of aliphatic carboxylic acids is 1. The molecule has 2 aliphatic rings. The maximum atomic E-state index is 12.4. The summed E-state index contributed by atoms with van der Waals surface area (Å²) in [5, 5.41) is 8.99. The lowest BCUT2D eigenvalue weighted by Gasteiger charge is -2.25. The fraction of sp³-hybridized carbons (Fsp3) is 0.238. The average molecular weight is 349 g/mol. The fourth-order valence-corrected chi connectivity index (χ4v) is 3.71. The standard InChI is InChI=1S/C21H19NO4/c23-20(24)14-9-11-22(12-10-14)21(25)26-13-19-17-7-3-1-5-15(17)16-6-2-4-8-18(16)19/h1-9,19H,10-13H2,(H,23,24). The monoisotopic (exact) mass is 349 g/mol. The van der Waals surface area contributed by atoms with Crippen molar-refractivity contribution in [3.63, 3.8) is 0 Å². The van der Waals surface area contributed by atoms with Gasteiger partial charge in [0.1, 0.15) is 6.61 Å². The van der Waals surface area contributed by atoms with E-state index in [0.717, 1.165) is 0 Å². The molecule has 1 heterocycles. The normalized spacial score (nSPS) is 15.8. The van der Waals surface area contributed by atoms with Crippen molar-refractivity contribution in [1.82, 2.24) is 4.90 Å². The third-order valence-corrected chi connectivity index (χ3v) is 5.08. The number of hydrogen-bond acceptors (Lipinski definition) is 3. The van der Waals surface area contributed by atoms with Gasteiger partial charge in [-0.1, -0.05) is 54.6 Å². The smallest absolute Gasteiger partial charge is 0.410 e. The van der Waals surface area contributed by atoms with E-state index >= 15 is 0 Å². The Labute approximate surface area is 151 Å². The van der Waals surface area contributed by atoms with E-state index in [4.69, 9.17) is 9.84 Å². The molecule has 0 atom stereocenters. The van der Waals surface area contributed by atoms with Crippen LogP contribution >= 0.6 is 0 Å². The highest BCUT2D eigenvalue weighted by atomic mass is 16.6. The predicted octanol–water partition coefficient (Wildman–Crippen LogP) is 3.65. The topological polar surface area (TPSA) is 66.8 Å². The third-order valence-electron chi connectivity index (χ3n) is 5.08. The lowest BCUT2D eigenvalue weighted by atomic mass is 9.98. The Balaban J connectivity index is 1.47. The highest BCUT2D eigenvalue weighted by Crippen LogP contribution is 2.44. The van der Waals surface area contributed by atoms with Gasteiger partial charge >= 0.3 is 12.1 Å². The zero-order valence-electron chi connectivity index (χ0n) is 14.2. The van der Waals surface area contributed by atoms with Gasteiger partial charge in [-0.25, -0.2) is 9.59 Å². The highest BCUT2D eigenvalue weighted by Gasteiger charge is 2.30. The molecule has 0 spiro atoms. The van der Waals surface area contributed by atoms with Gasteiger partial charge in [-0.05, 0) is 28.7 Å². The number of rotatable bonds is 3. The number of nitrogens with zero attached hydrogens (tertiary/aromatic N) is 1. The molecular formula is C21H19NO4. The van der Waals surface area contributed by atoms with Gasteiger partial charge in [-0.2, -0.15) is 0 Å². The van der Waals surface area contributed by atoms with Crippen LogP contribution in [0.4, 0.5) is 4.79 Å². The second-order valence-corrected chi connectivity index (χ2v) is 6.53. The minimum atomic E-state index is -0.919. The molecule has 0 aromatic heterocycles. The molecule has 0 saturated heterocycles. The lowest BCUT2D eigenvalue weighted by Crippen LogP contribution is -2.36.